The number of carbonyl (C=O) groups is 3. The number of anilines is 1. The summed E-state index contributed by atoms with van der Waals surface area (Å²) in [5.41, 5.74) is 2.55. The molecule has 5 rings (SSSR count). The van der Waals surface area contributed by atoms with Gasteiger partial charge in [-0.15, -0.1) is 0 Å². The Kier molecular flexibility index (Phi) is 5.80. The molecule has 0 bridgehead atoms. The minimum atomic E-state index is -0.706. The van der Waals surface area contributed by atoms with Crippen LogP contribution in [0, 0.1) is 5.82 Å². The number of piperazine rings is 1. The Bertz CT molecular complexity index is 1130. The average molecular weight is 471 g/mol. The molecule has 9 heteroatoms. The normalized spacial score (nSPS) is 21.4. The highest BCUT2D eigenvalue weighted by atomic mass is 35.5. The molecule has 0 saturated carbocycles. The average Bonchev–Trinajstić information content (AvgIpc) is 3.11. The first kappa shape index (κ1) is 21.9. The molecule has 33 heavy (non-hydrogen) atoms. The van der Waals surface area contributed by atoms with Crippen LogP contribution < -0.4 is 10.2 Å². The Morgan fingerprint density at radius 2 is 1.82 bits per heavy atom. The summed E-state index contributed by atoms with van der Waals surface area (Å²) in [7, 11) is 0. The Morgan fingerprint density at radius 1 is 1.06 bits per heavy atom. The summed E-state index contributed by atoms with van der Waals surface area (Å²) in [5, 5.41) is 3.03. The van der Waals surface area contributed by atoms with Crippen molar-refractivity contribution in [2.45, 2.75) is 32.0 Å². The smallest absolute Gasteiger partial charge is 0.255 e. The maximum atomic E-state index is 15.0. The van der Waals surface area contributed by atoms with Gasteiger partial charge >= 0.3 is 0 Å². The van der Waals surface area contributed by atoms with Crippen LogP contribution in [0.25, 0.3) is 0 Å². The Hall–Kier alpha value is -2.97. The van der Waals surface area contributed by atoms with E-state index in [0.29, 0.717) is 29.9 Å². The van der Waals surface area contributed by atoms with Crippen LogP contribution in [0.15, 0.2) is 36.4 Å². The Labute approximate surface area is 196 Å². The number of benzene rings is 2. The van der Waals surface area contributed by atoms with Crippen molar-refractivity contribution in [3.05, 3.63) is 63.9 Å². The first-order valence-corrected chi connectivity index (χ1v) is 11.5. The first-order valence-electron chi connectivity index (χ1n) is 11.1. The van der Waals surface area contributed by atoms with Gasteiger partial charge in [0.2, 0.25) is 11.8 Å². The van der Waals surface area contributed by atoms with Crippen LogP contribution in [0.2, 0.25) is 5.02 Å². The molecule has 0 spiro atoms. The first-order chi connectivity index (χ1) is 15.9. The minimum absolute atomic E-state index is 0.189. The van der Waals surface area contributed by atoms with Crippen LogP contribution in [0.3, 0.4) is 0 Å². The van der Waals surface area contributed by atoms with E-state index in [1.54, 1.807) is 6.07 Å². The Morgan fingerprint density at radius 3 is 2.55 bits per heavy atom. The second-order valence-electron chi connectivity index (χ2n) is 8.72. The number of amides is 3. The van der Waals surface area contributed by atoms with Crippen molar-refractivity contribution in [3.63, 3.8) is 0 Å². The monoisotopic (exact) mass is 470 g/mol. The van der Waals surface area contributed by atoms with E-state index < -0.39 is 17.8 Å². The SMILES string of the molecule is O=C1CCC(N2Cc3cc(N4CCN(Cc5ccccc5Cl)CC4)c(F)cc3C2=O)C(=O)N1. The van der Waals surface area contributed by atoms with Gasteiger partial charge in [-0.3, -0.25) is 24.6 Å². The summed E-state index contributed by atoms with van der Waals surface area (Å²) in [4.78, 5) is 42.3. The molecule has 1 unspecified atom stereocenters. The quantitative estimate of drug-likeness (QED) is 0.695. The molecule has 2 saturated heterocycles. The van der Waals surface area contributed by atoms with E-state index >= 15 is 4.39 Å². The van der Waals surface area contributed by atoms with Crippen molar-refractivity contribution in [3.8, 4) is 0 Å². The summed E-state index contributed by atoms with van der Waals surface area (Å²) in [6, 6.07) is 10.1. The lowest BCUT2D eigenvalue weighted by molar-refractivity contribution is -0.136. The largest absolute Gasteiger partial charge is 0.367 e. The number of hydrogen-bond donors (Lipinski definition) is 1. The van der Waals surface area contributed by atoms with Crippen molar-refractivity contribution in [2.75, 3.05) is 31.1 Å². The van der Waals surface area contributed by atoms with E-state index in [9.17, 15) is 14.4 Å². The van der Waals surface area contributed by atoms with Crippen LogP contribution in [-0.4, -0.2) is 59.7 Å². The highest BCUT2D eigenvalue weighted by Crippen LogP contribution is 2.33. The van der Waals surface area contributed by atoms with Crippen molar-refractivity contribution in [1.82, 2.24) is 15.1 Å². The van der Waals surface area contributed by atoms with Gasteiger partial charge in [0.15, 0.2) is 0 Å². The number of imide groups is 1. The van der Waals surface area contributed by atoms with Crippen LogP contribution in [-0.2, 0) is 22.7 Å². The lowest BCUT2D eigenvalue weighted by Crippen LogP contribution is -2.52. The van der Waals surface area contributed by atoms with Gasteiger partial charge < -0.3 is 9.80 Å². The van der Waals surface area contributed by atoms with Gasteiger partial charge in [0.25, 0.3) is 5.91 Å². The van der Waals surface area contributed by atoms with E-state index in [4.69, 9.17) is 11.6 Å². The number of halogens is 2. The van der Waals surface area contributed by atoms with Gasteiger partial charge in [-0.1, -0.05) is 29.8 Å². The third kappa shape index (κ3) is 4.20. The topological polar surface area (TPSA) is 73.0 Å². The minimum Gasteiger partial charge on any atom is -0.367 e. The van der Waals surface area contributed by atoms with Gasteiger partial charge in [-0.2, -0.15) is 0 Å². The number of carbonyl (C=O) groups excluding carboxylic acids is 3. The zero-order chi connectivity index (χ0) is 23.1. The molecule has 0 aromatic heterocycles. The molecular weight excluding hydrogens is 447 g/mol. The third-order valence-corrected chi connectivity index (χ3v) is 7.02. The van der Waals surface area contributed by atoms with Crippen molar-refractivity contribution < 1.29 is 18.8 Å². The molecule has 1 N–H and O–H groups in total. The molecule has 7 nitrogen and oxygen atoms in total. The highest BCUT2D eigenvalue weighted by Gasteiger charge is 2.39. The standard InChI is InChI=1S/C24H24ClFN4O3/c25-18-4-2-1-3-15(18)13-28-7-9-29(10-8-28)21-11-16-14-30(24(33)17(16)12-19(21)26)20-5-6-22(31)27-23(20)32/h1-4,11-12,20H,5-10,13-14H2,(H,27,31,32). The molecule has 1 atom stereocenters. The van der Waals surface area contributed by atoms with Gasteiger partial charge in [-0.05, 0) is 35.7 Å². The van der Waals surface area contributed by atoms with Crippen molar-refractivity contribution in [2.24, 2.45) is 0 Å². The molecule has 3 amide bonds. The van der Waals surface area contributed by atoms with Crippen LogP contribution in [0.1, 0.15) is 34.3 Å². The third-order valence-electron chi connectivity index (χ3n) is 6.66. The second-order valence-corrected chi connectivity index (χ2v) is 9.12. The highest BCUT2D eigenvalue weighted by molar-refractivity contribution is 6.31. The summed E-state index contributed by atoms with van der Waals surface area (Å²) < 4.78 is 15.0. The molecule has 0 aliphatic carbocycles. The number of nitrogens with one attached hydrogen (secondary N) is 1. The maximum Gasteiger partial charge on any atom is 0.255 e. The predicted octanol–water partition coefficient (Wildman–Crippen LogP) is 2.56. The summed E-state index contributed by atoms with van der Waals surface area (Å²) in [6.45, 7) is 3.83. The van der Waals surface area contributed by atoms with Gasteiger partial charge in [0.05, 0.1) is 5.69 Å². The zero-order valence-electron chi connectivity index (χ0n) is 18.0. The fourth-order valence-corrected chi connectivity index (χ4v) is 5.03. The van der Waals surface area contributed by atoms with Crippen LogP contribution in [0.4, 0.5) is 10.1 Å². The van der Waals surface area contributed by atoms with Gasteiger partial charge in [0.1, 0.15) is 11.9 Å². The molecule has 2 aromatic rings. The van der Waals surface area contributed by atoms with Crippen LogP contribution in [0.5, 0.6) is 0 Å². The molecule has 0 radical (unpaired) electrons. The van der Waals surface area contributed by atoms with Crippen molar-refractivity contribution in [1.29, 1.82) is 0 Å². The predicted molar refractivity (Wildman–Crippen MR) is 121 cm³/mol. The molecule has 3 aliphatic rings. The lowest BCUT2D eigenvalue weighted by atomic mass is 10.0. The summed E-state index contributed by atoms with van der Waals surface area (Å²) in [5.74, 6) is -1.61. The molecule has 3 heterocycles. The maximum absolute atomic E-state index is 15.0. The fourth-order valence-electron chi connectivity index (χ4n) is 4.83. The summed E-state index contributed by atoms with van der Waals surface area (Å²) >= 11 is 6.28. The van der Waals surface area contributed by atoms with Gasteiger partial charge in [-0.25, -0.2) is 4.39 Å². The van der Waals surface area contributed by atoms with E-state index in [2.05, 4.69) is 10.2 Å². The number of fused-ring (bicyclic) bond motifs is 1. The van der Waals surface area contributed by atoms with Gasteiger partial charge in [0, 0.05) is 56.3 Å². The molecule has 2 aromatic carbocycles. The molecule has 172 valence electrons. The molecular formula is C24H24ClFN4O3. The van der Waals surface area contributed by atoms with E-state index in [1.807, 2.05) is 29.2 Å². The van der Waals surface area contributed by atoms with E-state index in [0.717, 1.165) is 30.2 Å². The molecule has 3 aliphatic heterocycles. The summed E-state index contributed by atoms with van der Waals surface area (Å²) in [6.07, 6.45) is 0.474. The van der Waals surface area contributed by atoms with E-state index in [-0.39, 0.29) is 31.2 Å². The van der Waals surface area contributed by atoms with Crippen molar-refractivity contribution >= 4 is 35.0 Å². The van der Waals surface area contributed by atoms with Crippen LogP contribution >= 0.6 is 11.6 Å². The zero-order valence-corrected chi connectivity index (χ0v) is 18.8. The van der Waals surface area contributed by atoms with E-state index in [1.165, 1.54) is 11.0 Å². The number of rotatable bonds is 4. The fraction of sp³-hybridized carbons (Fsp3) is 0.375. The number of hydrogen-bond acceptors (Lipinski definition) is 5. The lowest BCUT2D eigenvalue weighted by Gasteiger charge is -2.36. The Balaban J connectivity index is 1.27. The number of nitrogens with zero attached hydrogens (tertiary/aromatic N) is 3. The second kappa shape index (κ2) is 8.76. The number of piperidine rings is 1. The molecule has 2 fully saturated rings.